The molecule has 1 aliphatic carbocycles. The second-order valence-electron chi connectivity index (χ2n) is 7.03. The molecule has 140 valence electrons. The molecular formula is C20H21FN4O2. The molecule has 27 heavy (non-hydrogen) atoms. The Morgan fingerprint density at radius 1 is 1.33 bits per heavy atom. The van der Waals surface area contributed by atoms with E-state index < -0.39 is 0 Å². The molecule has 1 atom stereocenters. The average Bonchev–Trinajstić information content (AvgIpc) is 3.05. The molecule has 7 heteroatoms. The lowest BCUT2D eigenvalue weighted by molar-refractivity contribution is -0.123. The third kappa shape index (κ3) is 3.98. The Kier molecular flexibility index (Phi) is 4.85. The van der Waals surface area contributed by atoms with Crippen LogP contribution in [0.2, 0.25) is 0 Å². The van der Waals surface area contributed by atoms with Crippen LogP contribution >= 0.6 is 0 Å². The number of benzene rings is 1. The fourth-order valence-corrected chi connectivity index (χ4v) is 3.53. The number of carbonyl (C=O) groups excluding carboxylic acids is 1. The molecule has 3 aromatic rings. The molecular weight excluding hydrogens is 347 g/mol. The van der Waals surface area contributed by atoms with Gasteiger partial charge in [-0.2, -0.15) is 0 Å². The van der Waals surface area contributed by atoms with Crippen molar-refractivity contribution in [1.82, 2.24) is 20.3 Å². The first-order valence-electron chi connectivity index (χ1n) is 9.11. The SMILES string of the molecule is O=C(CCc1nc2ccc(F)cc2[nH]1)N[C@H](c1ccccn1)C1CC(O)C1. The van der Waals surface area contributed by atoms with Crippen molar-refractivity contribution in [2.45, 2.75) is 37.8 Å². The molecule has 0 bridgehead atoms. The molecule has 1 aromatic carbocycles. The molecule has 0 saturated heterocycles. The van der Waals surface area contributed by atoms with Crippen molar-refractivity contribution in [1.29, 1.82) is 0 Å². The van der Waals surface area contributed by atoms with E-state index in [1.807, 2.05) is 18.2 Å². The molecule has 4 rings (SSSR count). The minimum absolute atomic E-state index is 0.0984. The van der Waals surface area contributed by atoms with E-state index in [2.05, 4.69) is 20.3 Å². The highest BCUT2D eigenvalue weighted by atomic mass is 19.1. The van der Waals surface area contributed by atoms with E-state index in [-0.39, 0.29) is 36.2 Å². The Balaban J connectivity index is 1.40. The molecule has 6 nitrogen and oxygen atoms in total. The number of aliphatic hydroxyl groups is 1. The van der Waals surface area contributed by atoms with Gasteiger partial charge < -0.3 is 15.4 Å². The van der Waals surface area contributed by atoms with Crippen LogP contribution in [0, 0.1) is 11.7 Å². The third-order valence-electron chi connectivity index (χ3n) is 5.03. The number of pyridine rings is 1. The van der Waals surface area contributed by atoms with E-state index in [4.69, 9.17) is 0 Å². The Hall–Kier alpha value is -2.80. The highest BCUT2D eigenvalue weighted by Gasteiger charge is 2.36. The Bertz CT molecular complexity index is 938. The first-order valence-corrected chi connectivity index (χ1v) is 9.11. The second-order valence-corrected chi connectivity index (χ2v) is 7.03. The fourth-order valence-electron chi connectivity index (χ4n) is 3.53. The number of carbonyl (C=O) groups is 1. The number of halogens is 1. The monoisotopic (exact) mass is 368 g/mol. The number of hydrogen-bond donors (Lipinski definition) is 3. The molecule has 2 heterocycles. The normalized spacial score (nSPS) is 20.2. The predicted octanol–water partition coefficient (Wildman–Crippen LogP) is 2.66. The van der Waals surface area contributed by atoms with Crippen LogP contribution in [0.3, 0.4) is 0 Å². The van der Waals surface area contributed by atoms with Crippen molar-refractivity contribution in [2.24, 2.45) is 5.92 Å². The van der Waals surface area contributed by atoms with E-state index in [9.17, 15) is 14.3 Å². The second kappa shape index (κ2) is 7.44. The summed E-state index contributed by atoms with van der Waals surface area (Å²) in [6, 6.07) is 9.79. The smallest absolute Gasteiger partial charge is 0.220 e. The van der Waals surface area contributed by atoms with Gasteiger partial charge in [-0.1, -0.05) is 6.07 Å². The molecule has 0 radical (unpaired) electrons. The van der Waals surface area contributed by atoms with Gasteiger partial charge in [0.2, 0.25) is 5.91 Å². The number of nitrogens with zero attached hydrogens (tertiary/aromatic N) is 2. The molecule has 1 fully saturated rings. The number of fused-ring (bicyclic) bond motifs is 1. The predicted molar refractivity (Wildman–Crippen MR) is 98.2 cm³/mol. The molecule has 1 aliphatic rings. The number of nitrogens with one attached hydrogen (secondary N) is 2. The van der Waals surface area contributed by atoms with Crippen LogP contribution < -0.4 is 5.32 Å². The minimum atomic E-state index is -0.323. The van der Waals surface area contributed by atoms with Crippen molar-refractivity contribution in [3.8, 4) is 0 Å². The molecule has 0 unspecified atom stereocenters. The van der Waals surface area contributed by atoms with Crippen LogP contribution in [0.1, 0.15) is 36.8 Å². The van der Waals surface area contributed by atoms with Gasteiger partial charge in [0.15, 0.2) is 0 Å². The van der Waals surface area contributed by atoms with Gasteiger partial charge in [0, 0.05) is 19.0 Å². The summed E-state index contributed by atoms with van der Waals surface area (Å²) >= 11 is 0. The van der Waals surface area contributed by atoms with Crippen LogP contribution in [-0.2, 0) is 11.2 Å². The van der Waals surface area contributed by atoms with Crippen LogP contribution in [0.5, 0.6) is 0 Å². The maximum Gasteiger partial charge on any atom is 0.220 e. The zero-order valence-electron chi connectivity index (χ0n) is 14.7. The van der Waals surface area contributed by atoms with E-state index in [1.165, 1.54) is 12.1 Å². The van der Waals surface area contributed by atoms with E-state index >= 15 is 0 Å². The van der Waals surface area contributed by atoms with Gasteiger partial charge in [-0.3, -0.25) is 9.78 Å². The lowest BCUT2D eigenvalue weighted by Crippen LogP contribution is -2.41. The summed E-state index contributed by atoms with van der Waals surface area (Å²) < 4.78 is 13.3. The first-order chi connectivity index (χ1) is 13.1. The number of amides is 1. The highest BCUT2D eigenvalue weighted by Crippen LogP contribution is 2.37. The molecule has 1 amide bonds. The van der Waals surface area contributed by atoms with Gasteiger partial charge >= 0.3 is 0 Å². The van der Waals surface area contributed by atoms with Crippen molar-refractivity contribution in [2.75, 3.05) is 0 Å². The van der Waals surface area contributed by atoms with Gasteiger partial charge in [0.05, 0.1) is 28.9 Å². The van der Waals surface area contributed by atoms with E-state index in [0.29, 0.717) is 36.1 Å². The maximum atomic E-state index is 13.3. The zero-order chi connectivity index (χ0) is 18.8. The summed E-state index contributed by atoms with van der Waals surface area (Å²) in [5.74, 6) is 0.419. The fraction of sp³-hybridized carbons (Fsp3) is 0.350. The maximum absolute atomic E-state index is 13.3. The van der Waals surface area contributed by atoms with Crippen molar-refractivity contribution < 1.29 is 14.3 Å². The number of aromatic amines is 1. The van der Waals surface area contributed by atoms with Crippen LogP contribution in [0.15, 0.2) is 42.6 Å². The number of hydrogen-bond acceptors (Lipinski definition) is 4. The zero-order valence-corrected chi connectivity index (χ0v) is 14.7. The van der Waals surface area contributed by atoms with E-state index in [1.54, 1.807) is 12.3 Å². The van der Waals surface area contributed by atoms with Crippen LogP contribution in [0.4, 0.5) is 4.39 Å². The average molecular weight is 368 g/mol. The topological polar surface area (TPSA) is 90.9 Å². The Morgan fingerprint density at radius 3 is 2.93 bits per heavy atom. The summed E-state index contributed by atoms with van der Waals surface area (Å²) in [6.45, 7) is 0. The van der Waals surface area contributed by atoms with Gasteiger partial charge in [0.1, 0.15) is 11.6 Å². The molecule has 3 N–H and O–H groups in total. The number of H-pyrrole nitrogens is 1. The quantitative estimate of drug-likeness (QED) is 0.624. The first kappa shape index (κ1) is 17.6. The van der Waals surface area contributed by atoms with Crippen molar-refractivity contribution >= 4 is 16.9 Å². The summed E-state index contributed by atoms with van der Waals surface area (Å²) in [7, 11) is 0. The number of rotatable bonds is 6. The van der Waals surface area contributed by atoms with Gasteiger partial charge in [-0.15, -0.1) is 0 Å². The molecule has 0 spiro atoms. The summed E-state index contributed by atoms with van der Waals surface area (Å²) in [5.41, 5.74) is 2.11. The molecule has 2 aromatic heterocycles. The largest absolute Gasteiger partial charge is 0.393 e. The van der Waals surface area contributed by atoms with E-state index in [0.717, 1.165) is 5.69 Å². The van der Waals surface area contributed by atoms with Crippen molar-refractivity contribution in [3.05, 3.63) is 59.9 Å². The molecule has 1 saturated carbocycles. The van der Waals surface area contributed by atoms with Crippen LogP contribution in [-0.4, -0.2) is 32.1 Å². The highest BCUT2D eigenvalue weighted by molar-refractivity contribution is 5.77. The summed E-state index contributed by atoms with van der Waals surface area (Å²) in [6.07, 6.45) is 3.43. The van der Waals surface area contributed by atoms with Crippen LogP contribution in [0.25, 0.3) is 11.0 Å². The minimum Gasteiger partial charge on any atom is -0.393 e. The standard InChI is InChI=1S/C20H21FN4O2/c21-13-4-5-15-17(11-13)24-18(23-15)6-7-19(27)25-20(12-9-14(26)10-12)16-3-1-2-8-22-16/h1-5,8,11-12,14,20,26H,6-7,9-10H2,(H,23,24)(H,25,27)/t12?,14?,20-/m0/s1. The third-order valence-corrected chi connectivity index (χ3v) is 5.03. The Morgan fingerprint density at radius 2 is 2.19 bits per heavy atom. The lowest BCUT2D eigenvalue weighted by Gasteiger charge is -2.37. The number of imidazole rings is 1. The summed E-state index contributed by atoms with van der Waals surface area (Å²) in [5, 5.41) is 12.7. The number of aromatic nitrogens is 3. The number of aryl methyl sites for hydroxylation is 1. The Labute approximate surface area is 155 Å². The lowest BCUT2D eigenvalue weighted by atomic mass is 9.76. The van der Waals surface area contributed by atoms with Gasteiger partial charge in [0.25, 0.3) is 0 Å². The number of aliphatic hydroxyl groups excluding tert-OH is 1. The molecule has 0 aliphatic heterocycles. The summed E-state index contributed by atoms with van der Waals surface area (Å²) in [4.78, 5) is 24.3. The van der Waals surface area contributed by atoms with Crippen molar-refractivity contribution in [3.63, 3.8) is 0 Å². The van der Waals surface area contributed by atoms with Gasteiger partial charge in [-0.25, -0.2) is 9.37 Å². The van der Waals surface area contributed by atoms with Gasteiger partial charge in [-0.05, 0) is 49.1 Å².